The molecule has 20 heavy (non-hydrogen) atoms. The molecule has 1 N–H and O–H groups in total. The number of hydrogen-bond donors (Lipinski definition) is 1. The third-order valence-corrected chi connectivity index (χ3v) is 2.87. The number of nitro groups is 1. The summed E-state index contributed by atoms with van der Waals surface area (Å²) in [5, 5.41) is 17.5. The number of aromatic nitrogens is 2. The summed E-state index contributed by atoms with van der Waals surface area (Å²) in [7, 11) is 0. The van der Waals surface area contributed by atoms with Crippen molar-refractivity contribution in [3.8, 4) is 0 Å². The van der Waals surface area contributed by atoms with Crippen LogP contribution in [0.5, 0.6) is 0 Å². The second kappa shape index (κ2) is 5.52. The van der Waals surface area contributed by atoms with Crippen LogP contribution in [0.2, 0.25) is 0 Å². The highest BCUT2D eigenvalue weighted by Crippen LogP contribution is 2.19. The van der Waals surface area contributed by atoms with E-state index >= 15 is 0 Å². The van der Waals surface area contributed by atoms with Crippen LogP contribution in [0.4, 0.5) is 11.4 Å². The smallest absolute Gasteiger partial charge is 0.272 e. The van der Waals surface area contributed by atoms with E-state index in [9.17, 15) is 14.9 Å². The Labute approximate surface area is 115 Å². The largest absolute Gasteiger partial charge is 0.319 e. The first kappa shape index (κ1) is 13.7. The number of hydrogen-bond acceptors (Lipinski definition) is 4. The highest BCUT2D eigenvalue weighted by atomic mass is 16.6. The van der Waals surface area contributed by atoms with Crippen LogP contribution >= 0.6 is 0 Å². The highest BCUT2D eigenvalue weighted by Gasteiger charge is 2.14. The SMILES string of the molecule is CCn1cc(NC(=O)c2ccc([N+](=O)[O-])c(C)c2)cn1. The minimum Gasteiger partial charge on any atom is -0.319 e. The van der Waals surface area contributed by atoms with Crippen LogP contribution in [0, 0.1) is 17.0 Å². The summed E-state index contributed by atoms with van der Waals surface area (Å²) in [4.78, 5) is 22.3. The maximum atomic E-state index is 12.0. The summed E-state index contributed by atoms with van der Waals surface area (Å²) in [5.41, 5.74) is 1.41. The first-order chi connectivity index (χ1) is 9.51. The van der Waals surface area contributed by atoms with Gasteiger partial charge in [0.1, 0.15) is 0 Å². The average molecular weight is 274 g/mol. The zero-order valence-corrected chi connectivity index (χ0v) is 11.2. The second-order valence-corrected chi connectivity index (χ2v) is 4.30. The Morgan fingerprint density at radius 1 is 1.50 bits per heavy atom. The molecule has 0 radical (unpaired) electrons. The van der Waals surface area contributed by atoms with Gasteiger partial charge in [-0.1, -0.05) is 0 Å². The minimum absolute atomic E-state index is 0.000326. The summed E-state index contributed by atoms with van der Waals surface area (Å²) in [6.45, 7) is 4.26. The summed E-state index contributed by atoms with van der Waals surface area (Å²) in [5.74, 6) is -0.321. The fourth-order valence-corrected chi connectivity index (χ4v) is 1.81. The number of nitrogens with zero attached hydrogens (tertiary/aromatic N) is 3. The lowest BCUT2D eigenvalue weighted by atomic mass is 10.1. The Morgan fingerprint density at radius 2 is 2.25 bits per heavy atom. The monoisotopic (exact) mass is 274 g/mol. The predicted molar refractivity (Wildman–Crippen MR) is 73.7 cm³/mol. The molecule has 2 rings (SSSR count). The molecule has 7 heteroatoms. The normalized spacial score (nSPS) is 10.3. The van der Waals surface area contributed by atoms with Crippen LogP contribution in [0.1, 0.15) is 22.8 Å². The molecule has 0 spiro atoms. The molecule has 1 heterocycles. The quantitative estimate of drug-likeness (QED) is 0.684. The number of anilines is 1. The molecular formula is C13H14N4O3. The van der Waals surface area contributed by atoms with Crippen molar-refractivity contribution in [3.63, 3.8) is 0 Å². The van der Waals surface area contributed by atoms with Crippen molar-refractivity contribution >= 4 is 17.3 Å². The fourth-order valence-electron chi connectivity index (χ4n) is 1.81. The maximum absolute atomic E-state index is 12.0. The van der Waals surface area contributed by atoms with E-state index in [1.54, 1.807) is 24.0 Å². The van der Waals surface area contributed by atoms with Crippen molar-refractivity contribution < 1.29 is 9.72 Å². The zero-order valence-electron chi connectivity index (χ0n) is 11.2. The van der Waals surface area contributed by atoms with Gasteiger partial charge in [-0.3, -0.25) is 19.6 Å². The number of aryl methyl sites for hydroxylation is 2. The molecule has 0 atom stereocenters. The molecule has 7 nitrogen and oxygen atoms in total. The number of amides is 1. The van der Waals surface area contributed by atoms with Crippen LogP contribution in [0.25, 0.3) is 0 Å². The lowest BCUT2D eigenvalue weighted by Gasteiger charge is -2.04. The Hall–Kier alpha value is -2.70. The first-order valence-corrected chi connectivity index (χ1v) is 6.10. The minimum atomic E-state index is -0.470. The van der Waals surface area contributed by atoms with Gasteiger partial charge >= 0.3 is 0 Å². The molecule has 0 fully saturated rings. The Balaban J connectivity index is 2.17. The summed E-state index contributed by atoms with van der Waals surface area (Å²) in [6.07, 6.45) is 3.27. The van der Waals surface area contributed by atoms with Crippen molar-refractivity contribution in [2.24, 2.45) is 0 Å². The molecule has 0 aliphatic heterocycles. The topological polar surface area (TPSA) is 90.1 Å². The van der Waals surface area contributed by atoms with Crippen LogP contribution in [-0.4, -0.2) is 20.6 Å². The molecule has 1 amide bonds. The van der Waals surface area contributed by atoms with E-state index in [1.807, 2.05) is 6.92 Å². The van der Waals surface area contributed by atoms with Crippen molar-refractivity contribution in [2.75, 3.05) is 5.32 Å². The molecule has 0 saturated carbocycles. The summed E-state index contributed by atoms with van der Waals surface area (Å²) in [6, 6.07) is 4.27. The van der Waals surface area contributed by atoms with Gasteiger partial charge in [0, 0.05) is 29.9 Å². The number of carbonyl (C=O) groups is 1. The van der Waals surface area contributed by atoms with Gasteiger partial charge in [-0.05, 0) is 26.0 Å². The van der Waals surface area contributed by atoms with Crippen LogP contribution < -0.4 is 5.32 Å². The van der Waals surface area contributed by atoms with Crippen molar-refractivity contribution in [1.82, 2.24) is 9.78 Å². The lowest BCUT2D eigenvalue weighted by Crippen LogP contribution is -2.11. The van der Waals surface area contributed by atoms with Gasteiger partial charge in [0.25, 0.3) is 11.6 Å². The van der Waals surface area contributed by atoms with Crippen LogP contribution in [-0.2, 0) is 6.54 Å². The number of rotatable bonds is 4. The number of nitro benzene ring substituents is 1. The lowest BCUT2D eigenvalue weighted by molar-refractivity contribution is -0.385. The van der Waals surface area contributed by atoms with Gasteiger partial charge in [0.05, 0.1) is 16.8 Å². The fraction of sp³-hybridized carbons (Fsp3) is 0.231. The molecule has 2 aromatic rings. The molecule has 0 bridgehead atoms. The van der Waals surface area contributed by atoms with E-state index in [4.69, 9.17) is 0 Å². The van der Waals surface area contributed by atoms with E-state index in [-0.39, 0.29) is 11.6 Å². The van der Waals surface area contributed by atoms with Crippen molar-refractivity contribution in [2.45, 2.75) is 20.4 Å². The highest BCUT2D eigenvalue weighted by molar-refractivity contribution is 6.04. The van der Waals surface area contributed by atoms with Gasteiger partial charge in [-0.15, -0.1) is 0 Å². The summed E-state index contributed by atoms with van der Waals surface area (Å²) >= 11 is 0. The van der Waals surface area contributed by atoms with E-state index in [0.717, 1.165) is 0 Å². The van der Waals surface area contributed by atoms with Crippen LogP contribution in [0.3, 0.4) is 0 Å². The summed E-state index contributed by atoms with van der Waals surface area (Å²) < 4.78 is 1.69. The van der Waals surface area contributed by atoms with E-state index < -0.39 is 4.92 Å². The third kappa shape index (κ3) is 2.82. The Morgan fingerprint density at radius 3 is 2.80 bits per heavy atom. The molecule has 0 unspecified atom stereocenters. The second-order valence-electron chi connectivity index (χ2n) is 4.30. The van der Waals surface area contributed by atoms with Gasteiger partial charge in [-0.25, -0.2) is 0 Å². The maximum Gasteiger partial charge on any atom is 0.272 e. The zero-order chi connectivity index (χ0) is 14.7. The molecule has 0 aliphatic carbocycles. The number of carbonyl (C=O) groups excluding carboxylic acids is 1. The molecule has 0 aliphatic rings. The third-order valence-electron chi connectivity index (χ3n) is 2.87. The molecule has 1 aromatic heterocycles. The molecule has 104 valence electrons. The Kier molecular flexibility index (Phi) is 3.79. The standard InChI is InChI=1S/C13H14N4O3/c1-3-16-8-11(7-14-16)15-13(18)10-4-5-12(17(19)20)9(2)6-10/h4-8H,3H2,1-2H3,(H,15,18). The average Bonchev–Trinajstić information content (AvgIpc) is 2.85. The van der Waals surface area contributed by atoms with Crippen molar-refractivity contribution in [1.29, 1.82) is 0 Å². The van der Waals surface area contributed by atoms with Gasteiger partial charge in [0.15, 0.2) is 0 Å². The van der Waals surface area contributed by atoms with E-state index in [1.165, 1.54) is 18.2 Å². The number of benzene rings is 1. The predicted octanol–water partition coefficient (Wildman–Crippen LogP) is 2.37. The number of nitrogens with one attached hydrogen (secondary N) is 1. The molecule has 1 aromatic carbocycles. The first-order valence-electron chi connectivity index (χ1n) is 6.10. The van der Waals surface area contributed by atoms with Gasteiger partial charge in [0.2, 0.25) is 0 Å². The van der Waals surface area contributed by atoms with Crippen molar-refractivity contribution in [3.05, 3.63) is 51.8 Å². The molecular weight excluding hydrogens is 260 g/mol. The van der Waals surface area contributed by atoms with Gasteiger partial charge in [-0.2, -0.15) is 5.10 Å². The van der Waals surface area contributed by atoms with E-state index in [0.29, 0.717) is 23.4 Å². The van der Waals surface area contributed by atoms with Gasteiger partial charge < -0.3 is 5.32 Å². The van der Waals surface area contributed by atoms with E-state index in [2.05, 4.69) is 10.4 Å². The Bertz CT molecular complexity index is 663. The molecule has 0 saturated heterocycles. The van der Waals surface area contributed by atoms with Crippen LogP contribution in [0.15, 0.2) is 30.6 Å².